The molecule has 1 aromatic heterocycles. The van der Waals surface area contributed by atoms with Gasteiger partial charge < -0.3 is 30.1 Å². The largest absolute Gasteiger partial charge is 0.497 e. The molecule has 1 aliphatic heterocycles. The SMILES string of the molecule is COc1cccc(CN(C(=O)c2cc(C)on2)C2CCN(C(=O)c3ccc(F)cc3)[C@@H](C(=O)NCC3CCC(CN)CC3)C2)c1. The van der Waals surface area contributed by atoms with Crippen molar-refractivity contribution in [1.29, 1.82) is 0 Å². The summed E-state index contributed by atoms with van der Waals surface area (Å²) in [5, 5.41) is 7.09. The average molecular weight is 620 g/mol. The molecule has 2 heterocycles. The summed E-state index contributed by atoms with van der Waals surface area (Å²) in [5.74, 6) is 0.664. The molecule has 3 amide bonds. The van der Waals surface area contributed by atoms with Gasteiger partial charge in [-0.05, 0) is 106 Å². The first-order chi connectivity index (χ1) is 21.7. The van der Waals surface area contributed by atoms with Crippen molar-refractivity contribution in [1.82, 2.24) is 20.3 Å². The van der Waals surface area contributed by atoms with Gasteiger partial charge in [-0.15, -0.1) is 0 Å². The maximum atomic E-state index is 13.9. The summed E-state index contributed by atoms with van der Waals surface area (Å²) in [6.45, 7) is 3.40. The Hall–Kier alpha value is -4.25. The molecule has 10 nitrogen and oxygen atoms in total. The van der Waals surface area contributed by atoms with Gasteiger partial charge >= 0.3 is 0 Å². The first-order valence-electron chi connectivity index (χ1n) is 15.7. The number of likely N-dealkylation sites (tertiary alicyclic amines) is 1. The van der Waals surface area contributed by atoms with Gasteiger partial charge in [-0.25, -0.2) is 4.39 Å². The second kappa shape index (κ2) is 14.7. The first kappa shape index (κ1) is 32.2. The molecule has 45 heavy (non-hydrogen) atoms. The van der Waals surface area contributed by atoms with Crippen LogP contribution in [0.3, 0.4) is 0 Å². The molecule has 2 aromatic carbocycles. The number of piperidine rings is 1. The number of nitrogens with two attached hydrogens (primary N) is 1. The second-order valence-corrected chi connectivity index (χ2v) is 12.2. The molecular formula is C34H42FN5O5. The van der Waals surface area contributed by atoms with Crippen LogP contribution in [0, 0.1) is 24.6 Å². The topological polar surface area (TPSA) is 131 Å². The van der Waals surface area contributed by atoms with Crippen molar-refractivity contribution < 1.29 is 28.0 Å². The number of carbonyl (C=O) groups excluding carboxylic acids is 3. The molecular weight excluding hydrogens is 577 g/mol. The van der Waals surface area contributed by atoms with Gasteiger partial charge in [0.1, 0.15) is 23.4 Å². The van der Waals surface area contributed by atoms with Crippen LogP contribution in [-0.4, -0.2) is 71.5 Å². The zero-order valence-electron chi connectivity index (χ0n) is 25.9. The zero-order chi connectivity index (χ0) is 31.9. The Morgan fingerprint density at radius 2 is 1.80 bits per heavy atom. The fourth-order valence-electron chi connectivity index (χ4n) is 6.46. The monoisotopic (exact) mass is 619 g/mol. The minimum absolute atomic E-state index is 0.175. The number of ether oxygens (including phenoxy) is 1. The predicted molar refractivity (Wildman–Crippen MR) is 166 cm³/mol. The molecule has 3 N–H and O–H groups in total. The van der Waals surface area contributed by atoms with Crippen LogP contribution >= 0.6 is 0 Å². The Morgan fingerprint density at radius 1 is 1.07 bits per heavy atom. The lowest BCUT2D eigenvalue weighted by atomic mass is 9.82. The molecule has 2 atom stereocenters. The van der Waals surface area contributed by atoms with Gasteiger partial charge in [0, 0.05) is 37.3 Å². The lowest BCUT2D eigenvalue weighted by Crippen LogP contribution is -2.58. The van der Waals surface area contributed by atoms with Gasteiger partial charge in [0.25, 0.3) is 11.8 Å². The molecule has 0 spiro atoms. The molecule has 1 unspecified atom stereocenters. The standard InChI is InChI=1S/C34H42FN5O5/c1-22-16-30(38-45-22)34(43)40(21-25-4-3-5-29(17-25)44-2)28-14-15-39(33(42)26-10-12-27(35)13-11-26)31(18-28)32(41)37-20-24-8-6-23(19-36)7-9-24/h3-5,10-13,16-17,23-24,28,31H,6-9,14-15,18-21,36H2,1-2H3,(H,37,41)/t23?,24?,28?,31-/m1/s1. The lowest BCUT2D eigenvalue weighted by Gasteiger charge is -2.43. The summed E-state index contributed by atoms with van der Waals surface area (Å²) < 4.78 is 24.3. The molecule has 1 saturated heterocycles. The molecule has 2 aliphatic rings. The van der Waals surface area contributed by atoms with Crippen molar-refractivity contribution in [3.05, 3.63) is 83.0 Å². The summed E-state index contributed by atoms with van der Waals surface area (Å²) in [4.78, 5) is 44.7. The van der Waals surface area contributed by atoms with E-state index in [4.69, 9.17) is 15.0 Å². The van der Waals surface area contributed by atoms with E-state index in [1.54, 1.807) is 29.9 Å². The van der Waals surface area contributed by atoms with Crippen LogP contribution in [0.5, 0.6) is 5.75 Å². The summed E-state index contributed by atoms with van der Waals surface area (Å²) in [6.07, 6.45) is 4.74. The van der Waals surface area contributed by atoms with Crippen LogP contribution in [0.1, 0.15) is 70.7 Å². The van der Waals surface area contributed by atoms with E-state index in [0.717, 1.165) is 31.2 Å². The summed E-state index contributed by atoms with van der Waals surface area (Å²) in [7, 11) is 1.58. The highest BCUT2D eigenvalue weighted by Crippen LogP contribution is 2.30. The van der Waals surface area contributed by atoms with Crippen molar-refractivity contribution in [2.24, 2.45) is 17.6 Å². The molecule has 3 aromatic rings. The van der Waals surface area contributed by atoms with Gasteiger partial charge in [0.15, 0.2) is 5.69 Å². The number of nitrogens with one attached hydrogen (secondary N) is 1. The Kier molecular flexibility index (Phi) is 10.5. The van der Waals surface area contributed by atoms with Crippen molar-refractivity contribution >= 4 is 17.7 Å². The third-order valence-electron chi connectivity index (χ3n) is 9.13. The van der Waals surface area contributed by atoms with E-state index < -0.39 is 11.9 Å². The van der Waals surface area contributed by atoms with E-state index in [9.17, 15) is 18.8 Å². The quantitative estimate of drug-likeness (QED) is 0.346. The minimum Gasteiger partial charge on any atom is -0.497 e. The summed E-state index contributed by atoms with van der Waals surface area (Å²) in [5.41, 5.74) is 7.18. The third kappa shape index (κ3) is 7.89. The number of benzene rings is 2. The number of rotatable bonds is 10. The maximum absolute atomic E-state index is 13.9. The fraction of sp³-hybridized carbons (Fsp3) is 0.471. The number of halogens is 1. The van der Waals surface area contributed by atoms with E-state index in [-0.39, 0.29) is 49.0 Å². The highest BCUT2D eigenvalue weighted by Gasteiger charge is 2.40. The van der Waals surface area contributed by atoms with Crippen molar-refractivity contribution in [3.8, 4) is 5.75 Å². The Bertz CT molecular complexity index is 1470. The lowest BCUT2D eigenvalue weighted by molar-refractivity contribution is -0.127. The van der Waals surface area contributed by atoms with E-state index in [1.165, 1.54) is 24.3 Å². The van der Waals surface area contributed by atoms with Crippen LogP contribution in [-0.2, 0) is 11.3 Å². The molecule has 11 heteroatoms. The Morgan fingerprint density at radius 3 is 2.47 bits per heavy atom. The summed E-state index contributed by atoms with van der Waals surface area (Å²) in [6, 6.07) is 13.2. The molecule has 0 bridgehead atoms. The van der Waals surface area contributed by atoms with Gasteiger partial charge in [-0.3, -0.25) is 14.4 Å². The normalized spacial score (nSPS) is 21.6. The van der Waals surface area contributed by atoms with Crippen LogP contribution in [0.25, 0.3) is 0 Å². The molecule has 2 fully saturated rings. The molecule has 240 valence electrons. The predicted octanol–water partition coefficient (Wildman–Crippen LogP) is 4.33. The molecule has 5 rings (SSSR count). The molecule has 0 radical (unpaired) electrons. The molecule has 1 aliphatic carbocycles. The van der Waals surface area contributed by atoms with Crippen LogP contribution in [0.4, 0.5) is 4.39 Å². The number of methoxy groups -OCH3 is 1. The van der Waals surface area contributed by atoms with Gasteiger partial charge in [0.2, 0.25) is 5.91 Å². The second-order valence-electron chi connectivity index (χ2n) is 12.2. The highest BCUT2D eigenvalue weighted by molar-refractivity contribution is 5.98. The third-order valence-corrected chi connectivity index (χ3v) is 9.13. The smallest absolute Gasteiger partial charge is 0.276 e. The van der Waals surface area contributed by atoms with E-state index in [1.807, 2.05) is 24.3 Å². The first-order valence-corrected chi connectivity index (χ1v) is 15.7. The summed E-state index contributed by atoms with van der Waals surface area (Å²) >= 11 is 0. The average Bonchev–Trinajstić information content (AvgIpc) is 3.52. The number of carbonyl (C=O) groups is 3. The number of nitrogens with zero attached hydrogens (tertiary/aromatic N) is 3. The van der Waals surface area contributed by atoms with E-state index in [0.29, 0.717) is 48.4 Å². The Labute approximate surface area is 263 Å². The van der Waals surface area contributed by atoms with Crippen molar-refractivity contribution in [2.75, 3.05) is 26.7 Å². The van der Waals surface area contributed by atoms with Crippen molar-refractivity contribution in [3.63, 3.8) is 0 Å². The fourth-order valence-corrected chi connectivity index (χ4v) is 6.46. The van der Waals surface area contributed by atoms with Crippen LogP contribution in [0.15, 0.2) is 59.1 Å². The number of aromatic nitrogens is 1. The number of amides is 3. The number of hydrogen-bond donors (Lipinski definition) is 2. The highest BCUT2D eigenvalue weighted by atomic mass is 19.1. The van der Waals surface area contributed by atoms with Crippen LogP contribution < -0.4 is 15.8 Å². The van der Waals surface area contributed by atoms with Crippen LogP contribution in [0.2, 0.25) is 0 Å². The van der Waals surface area contributed by atoms with E-state index >= 15 is 0 Å². The maximum Gasteiger partial charge on any atom is 0.276 e. The van der Waals surface area contributed by atoms with Gasteiger partial charge in [-0.1, -0.05) is 17.3 Å². The van der Waals surface area contributed by atoms with Gasteiger partial charge in [-0.2, -0.15) is 0 Å². The Balaban J connectivity index is 1.40. The number of hydrogen-bond acceptors (Lipinski definition) is 7. The number of aryl methyl sites for hydroxylation is 1. The van der Waals surface area contributed by atoms with E-state index in [2.05, 4.69) is 10.5 Å². The minimum atomic E-state index is -0.832. The van der Waals surface area contributed by atoms with Gasteiger partial charge in [0.05, 0.1) is 7.11 Å². The zero-order valence-corrected chi connectivity index (χ0v) is 25.9. The molecule has 1 saturated carbocycles. The van der Waals surface area contributed by atoms with Crippen molar-refractivity contribution in [2.45, 2.75) is 64.1 Å².